The second-order valence-corrected chi connectivity index (χ2v) is 15.6. The first-order valence-corrected chi connectivity index (χ1v) is 19.3. The predicted molar refractivity (Wildman–Crippen MR) is 192 cm³/mol. The Labute approximate surface area is 385 Å². The van der Waals surface area contributed by atoms with E-state index < -0.39 is 209 Å². The summed E-state index contributed by atoms with van der Waals surface area (Å²) < 4.78 is 304. The van der Waals surface area contributed by atoms with Gasteiger partial charge in [-0.3, -0.25) is 0 Å². The zero-order chi connectivity index (χ0) is 49.3. The van der Waals surface area contributed by atoms with E-state index in [0.29, 0.717) is 0 Å². The van der Waals surface area contributed by atoms with Crippen LogP contribution in [-0.2, 0) is 20.4 Å². The molecule has 0 saturated heterocycles. The van der Waals surface area contributed by atoms with E-state index in [1.807, 2.05) is 0 Å². The van der Waals surface area contributed by atoms with Gasteiger partial charge < -0.3 is 20.6 Å². The average Bonchev–Trinajstić information content (AvgIpc) is 4.18. The molecule has 0 spiro atoms. The van der Waals surface area contributed by atoms with E-state index in [-0.39, 0.29) is 20.4 Å². The summed E-state index contributed by atoms with van der Waals surface area (Å²) in [7, 11) is 0. The van der Waals surface area contributed by atoms with Gasteiger partial charge >= 0.3 is 20.4 Å². The van der Waals surface area contributed by atoms with Crippen LogP contribution in [0, 0.1) is 116 Å². The van der Waals surface area contributed by atoms with Crippen LogP contribution in [0.3, 0.4) is 0 Å². The monoisotopic (exact) mass is 1090 g/mol. The predicted octanol–water partition coefficient (Wildman–Crippen LogP) is 10.4. The van der Waals surface area contributed by atoms with Crippen LogP contribution in [0.1, 0.15) is 68.7 Å². The van der Waals surface area contributed by atoms with Crippen molar-refractivity contribution < 1.29 is 108 Å². The second-order valence-electron chi connectivity index (χ2n) is 15.6. The fraction of sp³-hybridized carbons (Fsp3) is 0.182. The summed E-state index contributed by atoms with van der Waals surface area (Å²) in [5.41, 5.74) is -10.2. The van der Waals surface area contributed by atoms with Crippen LogP contribution in [0.25, 0.3) is 0 Å². The summed E-state index contributed by atoms with van der Waals surface area (Å²) in [5.74, 6) is -60.8. The molecule has 6 aromatic rings. The van der Waals surface area contributed by atoms with Crippen LogP contribution in [0.2, 0.25) is 0 Å². The van der Waals surface area contributed by atoms with Gasteiger partial charge in [-0.1, -0.05) is 48.6 Å². The van der Waals surface area contributed by atoms with Crippen molar-refractivity contribution in [3.8, 4) is 0 Å². The van der Waals surface area contributed by atoms with Crippen molar-refractivity contribution >= 4 is 0 Å². The van der Waals surface area contributed by atoms with Gasteiger partial charge in [-0.2, -0.15) is 22.8 Å². The van der Waals surface area contributed by atoms with Crippen molar-refractivity contribution in [1.29, 1.82) is 0 Å². The topological polar surface area (TPSA) is 52.3 Å². The molecule has 2 aromatic heterocycles. The molecule has 4 aromatic carbocycles. The van der Waals surface area contributed by atoms with Crippen LogP contribution >= 0.6 is 0 Å². The van der Waals surface area contributed by atoms with Crippen molar-refractivity contribution in [2.75, 3.05) is 0 Å². The first kappa shape index (κ1) is 49.5. The molecule has 69 heavy (non-hydrogen) atoms. The van der Waals surface area contributed by atoms with Gasteiger partial charge in [0.05, 0.1) is 0 Å². The van der Waals surface area contributed by atoms with Crippen LogP contribution in [0.5, 0.6) is 0 Å². The summed E-state index contributed by atoms with van der Waals surface area (Å²) in [4.78, 5) is 8.16. The molecule has 9 rings (SSSR count). The van der Waals surface area contributed by atoms with Gasteiger partial charge in [-0.05, 0) is 0 Å². The quantitative estimate of drug-likeness (QED) is 0.0607. The van der Waals surface area contributed by atoms with E-state index in [4.69, 9.17) is 0 Å². The van der Waals surface area contributed by atoms with Gasteiger partial charge in [0.15, 0.2) is 93.1 Å². The Morgan fingerprint density at radius 1 is 0.246 bits per heavy atom. The Kier molecular flexibility index (Phi) is 12.8. The molecule has 3 aliphatic rings. The largest absolute Gasteiger partial charge is 2.00 e. The maximum Gasteiger partial charge on any atom is 2.00 e. The maximum absolute atomic E-state index is 15.8. The molecule has 25 heteroatoms. The number of benzene rings is 4. The van der Waals surface area contributed by atoms with Crippen molar-refractivity contribution in [3.63, 3.8) is 0 Å². The Balaban J connectivity index is 0.00000642. The van der Waals surface area contributed by atoms with Gasteiger partial charge in [0.2, 0.25) is 23.3 Å². The Morgan fingerprint density at radius 3 is 0.551 bits per heavy atom. The summed E-state index contributed by atoms with van der Waals surface area (Å²) in [6.45, 7) is 0. The molecule has 0 fully saturated rings. The molecular formula is C44H18F20N4Pd. The third-order valence-corrected chi connectivity index (χ3v) is 12.1. The number of hydrogen-bond donors (Lipinski definition) is 2. The van der Waals surface area contributed by atoms with Gasteiger partial charge in [0.25, 0.3) is 0 Å². The number of fused-ring (bicyclic) bond motifs is 8. The maximum atomic E-state index is 15.8. The van der Waals surface area contributed by atoms with E-state index in [0.717, 1.165) is 48.6 Å². The van der Waals surface area contributed by atoms with Gasteiger partial charge in [-0.15, -0.1) is 0 Å². The molecule has 4 nitrogen and oxygen atoms in total. The van der Waals surface area contributed by atoms with E-state index in [9.17, 15) is 52.7 Å². The van der Waals surface area contributed by atoms with E-state index in [2.05, 4.69) is 20.6 Å². The Morgan fingerprint density at radius 2 is 0.391 bits per heavy atom. The van der Waals surface area contributed by atoms with Crippen molar-refractivity contribution in [3.05, 3.63) is 210 Å². The SMILES string of the molecule is Fc1c(F)c(F)c(C2c3ccc([n-]3)C(c3c(F)c(F)c(F)c(F)c3F)C3C=CC(N3)C(c3c(F)c(F)c(F)c(F)c3F)c3ccc([n-]3)C(c3c(F)c(F)c(F)c(F)c3F)C3C=CC2N3)c(F)c1F.[Pd+2]. The number of nitrogens with one attached hydrogen (secondary N) is 2. The normalized spacial score (nSPS) is 23.0. The zero-order valence-electron chi connectivity index (χ0n) is 33.0. The second kappa shape index (κ2) is 17.8. The minimum atomic E-state index is -2.67. The molecule has 2 N–H and O–H groups in total. The standard InChI is InChI=1S/C44H18F20N4.Pd/c45-25-21(26(46)34(54)41(61)33(25)53)17-9-1-2-10(65-9)18(22-27(47)35(55)42(62)36(56)28(22)48)12-5-6-14(67-12)20(24-31(51)39(59)44(64)40(60)32(24)52)16-8-7-15(68-16)19(13-4-3-11(17)66-13)23-29(49)37(57)43(63)38(58)30(23)50;/h1-10,15-20,65,68H;/q-2;+2. The van der Waals surface area contributed by atoms with Crippen molar-refractivity contribution in [2.24, 2.45) is 0 Å². The van der Waals surface area contributed by atoms with Gasteiger partial charge in [0, 0.05) is 70.1 Å². The van der Waals surface area contributed by atoms with E-state index >= 15 is 35.1 Å². The van der Waals surface area contributed by atoms with Crippen LogP contribution in [-0.4, -0.2) is 24.2 Å². The molecule has 8 unspecified atom stereocenters. The summed E-state index contributed by atoms with van der Waals surface area (Å²) >= 11 is 0. The summed E-state index contributed by atoms with van der Waals surface area (Å²) in [6.07, 6.45) is 3.31. The fourth-order valence-electron chi connectivity index (χ4n) is 9.08. The number of nitrogens with zero attached hydrogens (tertiary/aromatic N) is 2. The molecule has 8 bridgehead atoms. The molecule has 5 heterocycles. The molecule has 8 atom stereocenters. The minimum Gasteiger partial charge on any atom is -0.664 e. The molecule has 0 amide bonds. The van der Waals surface area contributed by atoms with Crippen LogP contribution in [0.15, 0.2) is 48.6 Å². The van der Waals surface area contributed by atoms with Crippen LogP contribution in [0.4, 0.5) is 87.8 Å². The third kappa shape index (κ3) is 7.40. The Bertz CT molecular complexity index is 2660. The van der Waals surface area contributed by atoms with Crippen molar-refractivity contribution in [1.82, 2.24) is 20.6 Å². The third-order valence-electron chi connectivity index (χ3n) is 12.1. The van der Waals surface area contributed by atoms with Crippen molar-refractivity contribution in [2.45, 2.75) is 47.8 Å². The molecule has 3 aliphatic heterocycles. The molecular weight excluding hydrogens is 1070 g/mol. The molecule has 0 aliphatic carbocycles. The summed E-state index contributed by atoms with van der Waals surface area (Å²) in [6, 6.07) is -4.99. The zero-order valence-corrected chi connectivity index (χ0v) is 34.6. The first-order valence-electron chi connectivity index (χ1n) is 19.3. The van der Waals surface area contributed by atoms with E-state index in [1.165, 1.54) is 0 Å². The number of halogens is 20. The minimum absolute atomic E-state index is 0. The van der Waals surface area contributed by atoms with Gasteiger partial charge in [0.1, 0.15) is 0 Å². The van der Waals surface area contributed by atoms with E-state index in [1.54, 1.807) is 0 Å². The molecule has 0 radical (unpaired) electrons. The molecule has 0 saturated carbocycles. The molecule has 364 valence electrons. The summed E-state index contributed by atoms with van der Waals surface area (Å²) in [5, 5.41) is 4.99. The average molecular weight is 1090 g/mol. The van der Waals surface area contributed by atoms with Gasteiger partial charge in [-0.25, -0.2) is 87.8 Å². The Hall–Kier alpha value is -5.90. The fourth-order valence-corrected chi connectivity index (χ4v) is 9.08. The first-order chi connectivity index (χ1) is 32.1. The number of hydrogen-bond acceptors (Lipinski definition) is 2. The number of aromatic nitrogens is 2. The van der Waals surface area contributed by atoms with Crippen LogP contribution < -0.4 is 20.6 Å². The number of rotatable bonds is 4. The smallest absolute Gasteiger partial charge is 0.664 e.